The molecule has 1 aliphatic heterocycles. The van der Waals surface area contributed by atoms with E-state index in [4.69, 9.17) is 4.98 Å². The van der Waals surface area contributed by atoms with Crippen LogP contribution in [0.5, 0.6) is 0 Å². The SMILES string of the molecule is Cc1nc2c(s1)CC1(CCNCC1)[C@@H]2N[S+]([O-])C(C)(C)C. The molecular weight excluding hydrogens is 302 g/mol. The number of aryl methyl sites for hydroxylation is 1. The minimum absolute atomic E-state index is 0.139. The van der Waals surface area contributed by atoms with Gasteiger partial charge in [0.05, 0.1) is 10.7 Å². The smallest absolute Gasteiger partial charge is 0.136 e. The van der Waals surface area contributed by atoms with Crippen LogP contribution < -0.4 is 10.0 Å². The van der Waals surface area contributed by atoms with Gasteiger partial charge in [0.15, 0.2) is 0 Å². The number of nitrogens with zero attached hydrogens (tertiary/aromatic N) is 1. The molecule has 1 aromatic heterocycles. The number of fused-ring (bicyclic) bond motifs is 1. The van der Waals surface area contributed by atoms with Crippen LogP contribution in [0.2, 0.25) is 0 Å². The van der Waals surface area contributed by atoms with Crippen molar-refractivity contribution in [1.29, 1.82) is 0 Å². The van der Waals surface area contributed by atoms with Gasteiger partial charge in [-0.1, -0.05) is 0 Å². The van der Waals surface area contributed by atoms with E-state index in [2.05, 4.69) is 17.0 Å². The summed E-state index contributed by atoms with van der Waals surface area (Å²) in [4.78, 5) is 6.16. The monoisotopic (exact) mass is 327 g/mol. The van der Waals surface area contributed by atoms with Gasteiger partial charge in [0, 0.05) is 21.7 Å². The van der Waals surface area contributed by atoms with Gasteiger partial charge in [-0.05, 0) is 60.0 Å². The average Bonchev–Trinajstić information content (AvgIpc) is 2.86. The Morgan fingerprint density at radius 3 is 2.67 bits per heavy atom. The normalized spacial score (nSPS) is 26.0. The predicted octanol–water partition coefficient (Wildman–Crippen LogP) is 2.47. The zero-order chi connectivity index (χ0) is 15.3. The molecule has 1 aromatic rings. The van der Waals surface area contributed by atoms with Gasteiger partial charge in [-0.25, -0.2) is 4.98 Å². The summed E-state index contributed by atoms with van der Waals surface area (Å²) in [5.41, 5.74) is 1.37. The zero-order valence-corrected chi connectivity index (χ0v) is 14.9. The molecule has 1 fully saturated rings. The third-order valence-electron chi connectivity index (χ3n) is 4.61. The molecule has 1 unspecified atom stereocenters. The first-order valence-electron chi connectivity index (χ1n) is 7.67. The quantitative estimate of drug-likeness (QED) is 0.819. The second-order valence-corrected chi connectivity index (χ2v) is 10.5. The van der Waals surface area contributed by atoms with E-state index in [0.717, 1.165) is 43.1 Å². The highest BCUT2D eigenvalue weighted by Crippen LogP contribution is 2.52. The highest BCUT2D eigenvalue weighted by Gasteiger charge is 2.51. The van der Waals surface area contributed by atoms with E-state index < -0.39 is 11.4 Å². The number of hydrogen-bond acceptors (Lipinski definition) is 5. The lowest BCUT2D eigenvalue weighted by Crippen LogP contribution is -2.49. The van der Waals surface area contributed by atoms with Crippen molar-refractivity contribution in [1.82, 2.24) is 15.0 Å². The minimum Gasteiger partial charge on any atom is -0.598 e. The molecule has 2 atom stereocenters. The largest absolute Gasteiger partial charge is 0.598 e. The van der Waals surface area contributed by atoms with Crippen LogP contribution in [0.15, 0.2) is 0 Å². The molecule has 2 heterocycles. The topological polar surface area (TPSA) is 60.0 Å². The summed E-state index contributed by atoms with van der Waals surface area (Å²) in [7, 11) is 0. The van der Waals surface area contributed by atoms with Gasteiger partial charge in [-0.15, -0.1) is 16.1 Å². The van der Waals surface area contributed by atoms with Gasteiger partial charge in [0.2, 0.25) is 0 Å². The summed E-state index contributed by atoms with van der Waals surface area (Å²) in [6.45, 7) is 10.2. The van der Waals surface area contributed by atoms with Crippen LogP contribution in [0.4, 0.5) is 0 Å². The van der Waals surface area contributed by atoms with E-state index in [1.165, 1.54) is 4.88 Å². The number of thiazole rings is 1. The van der Waals surface area contributed by atoms with E-state index in [9.17, 15) is 4.55 Å². The summed E-state index contributed by atoms with van der Waals surface area (Å²) >= 11 is 0.754. The van der Waals surface area contributed by atoms with Crippen molar-refractivity contribution in [2.75, 3.05) is 13.1 Å². The van der Waals surface area contributed by atoms with Crippen molar-refractivity contribution in [3.8, 4) is 0 Å². The molecule has 21 heavy (non-hydrogen) atoms. The second kappa shape index (κ2) is 5.49. The van der Waals surface area contributed by atoms with Crippen LogP contribution in [-0.4, -0.2) is 27.4 Å². The fraction of sp³-hybridized carbons (Fsp3) is 0.800. The van der Waals surface area contributed by atoms with Crippen molar-refractivity contribution in [2.24, 2.45) is 5.41 Å². The number of piperidine rings is 1. The van der Waals surface area contributed by atoms with Crippen molar-refractivity contribution in [3.05, 3.63) is 15.6 Å². The molecule has 1 aliphatic carbocycles. The molecule has 2 N–H and O–H groups in total. The van der Waals surface area contributed by atoms with E-state index in [-0.39, 0.29) is 16.2 Å². The van der Waals surface area contributed by atoms with Gasteiger partial charge < -0.3 is 9.87 Å². The van der Waals surface area contributed by atoms with Crippen LogP contribution in [0, 0.1) is 12.3 Å². The Balaban J connectivity index is 1.90. The Morgan fingerprint density at radius 2 is 2.05 bits per heavy atom. The van der Waals surface area contributed by atoms with Crippen molar-refractivity contribution in [2.45, 2.75) is 57.7 Å². The number of nitrogens with one attached hydrogen (secondary N) is 2. The Kier molecular flexibility index (Phi) is 4.12. The molecule has 0 saturated carbocycles. The predicted molar refractivity (Wildman–Crippen MR) is 88.9 cm³/mol. The van der Waals surface area contributed by atoms with E-state index in [0.29, 0.717) is 0 Å². The molecule has 1 saturated heterocycles. The maximum Gasteiger partial charge on any atom is 0.136 e. The minimum atomic E-state index is -1.06. The molecule has 0 bridgehead atoms. The van der Waals surface area contributed by atoms with Gasteiger partial charge in [-0.3, -0.25) is 0 Å². The average molecular weight is 328 g/mol. The van der Waals surface area contributed by atoms with Crippen LogP contribution in [0.25, 0.3) is 0 Å². The second-order valence-electron chi connectivity index (χ2n) is 7.26. The Bertz CT molecular complexity index is 517. The standard InChI is InChI=1S/C15H25N3OS2/c1-10-17-12-11(20-10)9-15(5-7-16-8-6-15)13(12)18-21(19)14(2,3)4/h13,16,18H,5-9H2,1-4H3/t13-,21?/m1/s1. The number of rotatable bonds is 2. The molecule has 0 radical (unpaired) electrons. The van der Waals surface area contributed by atoms with Crippen LogP contribution >= 0.6 is 11.3 Å². The van der Waals surface area contributed by atoms with E-state index in [1.54, 1.807) is 0 Å². The first-order chi connectivity index (χ1) is 9.82. The Labute approximate surface area is 134 Å². The molecule has 4 nitrogen and oxygen atoms in total. The molecule has 0 aromatic carbocycles. The summed E-state index contributed by atoms with van der Waals surface area (Å²) < 4.78 is 15.8. The fourth-order valence-electron chi connectivity index (χ4n) is 3.40. The third-order valence-corrected chi connectivity index (χ3v) is 7.16. The Hall–Kier alpha value is -0.140. The molecule has 118 valence electrons. The lowest BCUT2D eigenvalue weighted by atomic mass is 9.74. The fourth-order valence-corrected chi connectivity index (χ4v) is 5.46. The summed E-state index contributed by atoms with van der Waals surface area (Å²) in [6.07, 6.45) is 3.36. The third kappa shape index (κ3) is 2.88. The lowest BCUT2D eigenvalue weighted by Gasteiger charge is -2.40. The highest BCUT2D eigenvalue weighted by molar-refractivity contribution is 7.90. The van der Waals surface area contributed by atoms with E-state index in [1.807, 2.05) is 32.1 Å². The van der Waals surface area contributed by atoms with Crippen molar-refractivity contribution in [3.63, 3.8) is 0 Å². The van der Waals surface area contributed by atoms with Gasteiger partial charge in [0.25, 0.3) is 0 Å². The van der Waals surface area contributed by atoms with Crippen molar-refractivity contribution < 1.29 is 4.55 Å². The van der Waals surface area contributed by atoms with Gasteiger partial charge in [-0.2, -0.15) is 0 Å². The molecular formula is C15H25N3OS2. The zero-order valence-electron chi connectivity index (χ0n) is 13.3. The van der Waals surface area contributed by atoms with Crippen LogP contribution in [0.3, 0.4) is 0 Å². The summed E-state index contributed by atoms with van der Waals surface area (Å²) in [6, 6.07) is 0.139. The van der Waals surface area contributed by atoms with E-state index >= 15 is 0 Å². The summed E-state index contributed by atoms with van der Waals surface area (Å²) in [5, 5.41) is 4.57. The number of aromatic nitrogens is 1. The molecule has 1 spiro atoms. The first-order valence-corrected chi connectivity index (χ1v) is 9.63. The molecule has 3 rings (SSSR count). The van der Waals surface area contributed by atoms with Crippen molar-refractivity contribution >= 4 is 22.7 Å². The first kappa shape index (κ1) is 15.7. The molecule has 2 aliphatic rings. The van der Waals surface area contributed by atoms with Crippen LogP contribution in [-0.2, 0) is 17.8 Å². The maximum absolute atomic E-state index is 12.6. The lowest BCUT2D eigenvalue weighted by molar-refractivity contribution is 0.162. The number of hydrogen-bond donors (Lipinski definition) is 2. The van der Waals surface area contributed by atoms with Gasteiger partial charge in [0.1, 0.15) is 10.8 Å². The Morgan fingerprint density at radius 1 is 1.38 bits per heavy atom. The molecule has 6 heteroatoms. The van der Waals surface area contributed by atoms with Crippen LogP contribution in [0.1, 0.15) is 55.2 Å². The van der Waals surface area contributed by atoms with Gasteiger partial charge >= 0.3 is 0 Å². The maximum atomic E-state index is 12.6. The highest BCUT2D eigenvalue weighted by atomic mass is 32.2. The molecule has 0 amide bonds. The summed E-state index contributed by atoms with van der Waals surface area (Å²) in [5.74, 6) is 0.